The normalized spacial score (nSPS) is 9.31. The molecule has 2 heterocycles. The molecule has 0 aliphatic heterocycles. The average Bonchev–Trinajstić information content (AvgIpc) is 2.28. The first-order valence-electron chi connectivity index (χ1n) is 4.76. The molecule has 2 aromatic heterocycles. The van der Waals surface area contributed by atoms with Gasteiger partial charge >= 0.3 is 0 Å². The largest absolute Gasteiger partial charge is 0.399 e. The van der Waals surface area contributed by atoms with Crippen LogP contribution in [0.5, 0.6) is 0 Å². The molecule has 0 amide bonds. The van der Waals surface area contributed by atoms with E-state index in [1.165, 1.54) is 0 Å². The average molecular weight is 210 g/mol. The van der Waals surface area contributed by atoms with Gasteiger partial charge in [-0.15, -0.1) is 0 Å². The fourth-order valence-corrected chi connectivity index (χ4v) is 1.10. The SMILES string of the molecule is Cc1cnc(C#Cc2cc(N)ccn2)cn1. The number of nitrogen functional groups attached to an aromatic ring is 1. The quantitative estimate of drug-likeness (QED) is 0.663. The minimum Gasteiger partial charge on any atom is -0.399 e. The van der Waals surface area contributed by atoms with Gasteiger partial charge in [-0.1, -0.05) is 0 Å². The van der Waals surface area contributed by atoms with Crippen molar-refractivity contribution >= 4 is 5.69 Å². The number of aryl methyl sites for hydroxylation is 1. The lowest BCUT2D eigenvalue weighted by Gasteiger charge is -1.92. The molecule has 0 saturated carbocycles. The molecule has 2 N–H and O–H groups in total. The highest BCUT2D eigenvalue weighted by Gasteiger charge is 1.91. The fourth-order valence-electron chi connectivity index (χ4n) is 1.10. The van der Waals surface area contributed by atoms with E-state index in [2.05, 4.69) is 26.8 Å². The smallest absolute Gasteiger partial charge is 0.131 e. The van der Waals surface area contributed by atoms with Crippen molar-refractivity contribution in [1.29, 1.82) is 0 Å². The second-order valence-corrected chi connectivity index (χ2v) is 3.27. The zero-order valence-corrected chi connectivity index (χ0v) is 8.81. The molecule has 0 aliphatic carbocycles. The predicted molar refractivity (Wildman–Crippen MR) is 61.4 cm³/mol. The van der Waals surface area contributed by atoms with Crippen LogP contribution < -0.4 is 5.73 Å². The van der Waals surface area contributed by atoms with E-state index in [1.807, 2.05) is 6.92 Å². The van der Waals surface area contributed by atoms with Gasteiger partial charge in [0.15, 0.2) is 0 Å². The maximum absolute atomic E-state index is 5.61. The maximum Gasteiger partial charge on any atom is 0.131 e. The van der Waals surface area contributed by atoms with Crippen molar-refractivity contribution in [3.63, 3.8) is 0 Å². The Bertz CT molecular complexity index is 549. The van der Waals surface area contributed by atoms with E-state index in [4.69, 9.17) is 5.73 Å². The molecule has 0 aromatic carbocycles. The summed E-state index contributed by atoms with van der Waals surface area (Å²) < 4.78 is 0. The Labute approximate surface area is 93.6 Å². The van der Waals surface area contributed by atoms with Crippen molar-refractivity contribution < 1.29 is 0 Å². The zero-order valence-electron chi connectivity index (χ0n) is 8.81. The second-order valence-electron chi connectivity index (χ2n) is 3.27. The third-order valence-electron chi connectivity index (χ3n) is 1.88. The van der Waals surface area contributed by atoms with Gasteiger partial charge in [0, 0.05) is 18.1 Å². The first-order chi connectivity index (χ1) is 7.74. The third kappa shape index (κ3) is 2.55. The molecular weight excluding hydrogens is 200 g/mol. The lowest BCUT2D eigenvalue weighted by molar-refractivity contribution is 1.10. The molecule has 0 spiro atoms. The Morgan fingerprint density at radius 3 is 2.56 bits per heavy atom. The minimum absolute atomic E-state index is 0.620. The predicted octanol–water partition coefficient (Wildman–Crippen LogP) is 1.16. The summed E-state index contributed by atoms with van der Waals surface area (Å²) in [7, 11) is 0. The highest BCUT2D eigenvalue weighted by Crippen LogP contribution is 2.01. The van der Waals surface area contributed by atoms with E-state index in [-0.39, 0.29) is 0 Å². The van der Waals surface area contributed by atoms with E-state index in [0.717, 1.165) is 5.69 Å². The molecule has 0 aliphatic rings. The number of rotatable bonds is 0. The fraction of sp³-hybridized carbons (Fsp3) is 0.0833. The summed E-state index contributed by atoms with van der Waals surface area (Å²) in [5.41, 5.74) is 8.37. The summed E-state index contributed by atoms with van der Waals surface area (Å²) >= 11 is 0. The van der Waals surface area contributed by atoms with E-state index in [0.29, 0.717) is 17.1 Å². The summed E-state index contributed by atoms with van der Waals surface area (Å²) in [4.78, 5) is 12.3. The number of aromatic nitrogens is 3. The van der Waals surface area contributed by atoms with Gasteiger partial charge in [-0.25, -0.2) is 9.97 Å². The second kappa shape index (κ2) is 4.41. The van der Waals surface area contributed by atoms with Crippen molar-refractivity contribution in [3.8, 4) is 11.8 Å². The maximum atomic E-state index is 5.61. The monoisotopic (exact) mass is 210 g/mol. The van der Waals surface area contributed by atoms with E-state index in [1.54, 1.807) is 30.7 Å². The number of anilines is 1. The van der Waals surface area contributed by atoms with Crippen LogP contribution >= 0.6 is 0 Å². The summed E-state index contributed by atoms with van der Waals surface area (Å²) in [5, 5.41) is 0. The molecule has 4 nitrogen and oxygen atoms in total. The topological polar surface area (TPSA) is 64.7 Å². The summed E-state index contributed by atoms with van der Waals surface area (Å²) in [5.74, 6) is 5.75. The van der Waals surface area contributed by atoms with Gasteiger partial charge in [0.2, 0.25) is 0 Å². The van der Waals surface area contributed by atoms with E-state index < -0.39 is 0 Å². The van der Waals surface area contributed by atoms with Crippen LogP contribution in [0.4, 0.5) is 5.69 Å². The molecule has 0 bridgehead atoms. The van der Waals surface area contributed by atoms with Gasteiger partial charge in [-0.2, -0.15) is 0 Å². The molecule has 2 aromatic rings. The van der Waals surface area contributed by atoms with Crippen LogP contribution in [0.1, 0.15) is 17.1 Å². The molecule has 0 atom stereocenters. The number of nitrogens with zero attached hydrogens (tertiary/aromatic N) is 3. The first-order valence-corrected chi connectivity index (χ1v) is 4.76. The van der Waals surface area contributed by atoms with Gasteiger partial charge < -0.3 is 5.73 Å². The molecule has 0 radical (unpaired) electrons. The van der Waals surface area contributed by atoms with Crippen molar-refractivity contribution in [2.24, 2.45) is 0 Å². The van der Waals surface area contributed by atoms with Crippen molar-refractivity contribution in [2.75, 3.05) is 5.73 Å². The Morgan fingerprint density at radius 1 is 1.06 bits per heavy atom. The zero-order chi connectivity index (χ0) is 11.4. The lowest BCUT2D eigenvalue weighted by Crippen LogP contribution is -1.89. The van der Waals surface area contributed by atoms with Gasteiger partial charge in [0.05, 0.1) is 11.9 Å². The van der Waals surface area contributed by atoms with Crippen LogP contribution in [-0.4, -0.2) is 15.0 Å². The van der Waals surface area contributed by atoms with Gasteiger partial charge in [0.1, 0.15) is 11.4 Å². The van der Waals surface area contributed by atoms with Gasteiger partial charge in [0.25, 0.3) is 0 Å². The summed E-state index contributed by atoms with van der Waals surface area (Å²) in [6.45, 7) is 1.88. The first kappa shape index (κ1) is 10.1. The van der Waals surface area contributed by atoms with Gasteiger partial charge in [-0.3, -0.25) is 4.98 Å². The number of nitrogens with two attached hydrogens (primary N) is 1. The molecular formula is C12H10N4. The van der Waals surface area contributed by atoms with Crippen LogP contribution in [0, 0.1) is 18.8 Å². The van der Waals surface area contributed by atoms with Crippen LogP contribution in [-0.2, 0) is 0 Å². The van der Waals surface area contributed by atoms with E-state index >= 15 is 0 Å². The number of pyridine rings is 1. The molecule has 16 heavy (non-hydrogen) atoms. The van der Waals surface area contributed by atoms with Crippen LogP contribution in [0.25, 0.3) is 0 Å². The minimum atomic E-state index is 0.620. The highest BCUT2D eigenvalue weighted by atomic mass is 14.8. The Hall–Kier alpha value is -2.41. The van der Waals surface area contributed by atoms with Crippen LogP contribution in [0.2, 0.25) is 0 Å². The number of hydrogen-bond acceptors (Lipinski definition) is 4. The molecule has 0 unspecified atom stereocenters. The highest BCUT2D eigenvalue weighted by molar-refractivity contribution is 5.44. The molecule has 78 valence electrons. The third-order valence-corrected chi connectivity index (χ3v) is 1.88. The van der Waals surface area contributed by atoms with Crippen LogP contribution in [0.15, 0.2) is 30.7 Å². The Kier molecular flexibility index (Phi) is 2.79. The Balaban J connectivity index is 2.25. The molecule has 4 heteroatoms. The molecule has 0 fully saturated rings. The molecule has 2 rings (SSSR count). The molecule has 0 saturated heterocycles. The Morgan fingerprint density at radius 2 is 1.88 bits per heavy atom. The van der Waals surface area contributed by atoms with Crippen LogP contribution in [0.3, 0.4) is 0 Å². The van der Waals surface area contributed by atoms with Crippen molar-refractivity contribution in [3.05, 3.63) is 47.8 Å². The van der Waals surface area contributed by atoms with E-state index in [9.17, 15) is 0 Å². The van der Waals surface area contributed by atoms with Crippen molar-refractivity contribution in [2.45, 2.75) is 6.92 Å². The number of hydrogen-bond donors (Lipinski definition) is 1. The summed E-state index contributed by atoms with van der Waals surface area (Å²) in [6, 6.07) is 3.44. The van der Waals surface area contributed by atoms with Crippen molar-refractivity contribution in [1.82, 2.24) is 15.0 Å². The lowest BCUT2D eigenvalue weighted by atomic mass is 10.3. The van der Waals surface area contributed by atoms with Gasteiger partial charge in [-0.05, 0) is 30.9 Å². The standard InChI is InChI=1S/C12H10N4/c1-9-7-16-12(8-15-9)3-2-11-6-10(13)4-5-14-11/h4-8H,1H3,(H2,13,14). The summed E-state index contributed by atoms with van der Waals surface area (Å²) in [6.07, 6.45) is 4.94.